The maximum Gasteiger partial charge on any atom is 0.0446 e. The highest BCUT2D eigenvalue weighted by Gasteiger charge is 2.32. The first-order chi connectivity index (χ1) is 10.4. The number of hydrogen-bond donors (Lipinski definition) is 1. The summed E-state index contributed by atoms with van der Waals surface area (Å²) < 4.78 is 0. The Hall–Kier alpha value is -0.900. The number of rotatable bonds is 6. The minimum absolute atomic E-state index is 0.311. The highest BCUT2D eigenvalue weighted by molar-refractivity contribution is 5.15. The van der Waals surface area contributed by atoms with E-state index in [2.05, 4.69) is 40.1 Å². The third-order valence-corrected chi connectivity index (χ3v) is 5.22. The van der Waals surface area contributed by atoms with E-state index in [4.69, 9.17) is 0 Å². The summed E-state index contributed by atoms with van der Waals surface area (Å²) in [5.41, 5.74) is 1.42. The van der Waals surface area contributed by atoms with E-state index in [9.17, 15) is 5.11 Å². The fraction of sp³-hybridized carbons (Fsp3) is 0.667. The average Bonchev–Trinajstić information content (AvgIpc) is 2.46. The van der Waals surface area contributed by atoms with Gasteiger partial charge in [-0.3, -0.25) is 9.80 Å². The normalized spacial score (nSPS) is 24.9. The van der Waals surface area contributed by atoms with Crippen LogP contribution in [0.25, 0.3) is 0 Å². The maximum absolute atomic E-state index is 9.37. The van der Waals surface area contributed by atoms with Gasteiger partial charge >= 0.3 is 0 Å². The van der Waals surface area contributed by atoms with Crippen LogP contribution in [-0.2, 0) is 6.42 Å². The lowest BCUT2D eigenvalue weighted by Crippen LogP contribution is -2.57. The van der Waals surface area contributed by atoms with Crippen molar-refractivity contribution < 1.29 is 5.11 Å². The fourth-order valence-corrected chi connectivity index (χ4v) is 3.64. The molecule has 3 rings (SSSR count). The molecule has 0 bridgehead atoms. The van der Waals surface area contributed by atoms with Crippen molar-refractivity contribution in [3.05, 3.63) is 35.9 Å². The van der Waals surface area contributed by atoms with Crippen molar-refractivity contribution in [2.24, 2.45) is 0 Å². The Labute approximate surface area is 128 Å². The SMILES string of the molecule is OCCC1CN(C2CCC2)CCN1CCc1ccccc1. The van der Waals surface area contributed by atoms with Gasteiger partial charge in [0.05, 0.1) is 0 Å². The summed E-state index contributed by atoms with van der Waals surface area (Å²) in [6.45, 7) is 4.95. The zero-order valence-electron chi connectivity index (χ0n) is 13.0. The van der Waals surface area contributed by atoms with Crippen molar-refractivity contribution in [1.29, 1.82) is 0 Å². The summed E-state index contributed by atoms with van der Waals surface area (Å²) in [7, 11) is 0. The molecule has 1 heterocycles. The van der Waals surface area contributed by atoms with E-state index in [0.717, 1.165) is 38.5 Å². The molecule has 1 saturated carbocycles. The molecule has 1 aromatic carbocycles. The first-order valence-electron chi connectivity index (χ1n) is 8.49. The van der Waals surface area contributed by atoms with Gasteiger partial charge in [0.1, 0.15) is 0 Å². The molecule has 3 heteroatoms. The molecule has 0 aromatic heterocycles. The predicted molar refractivity (Wildman–Crippen MR) is 86.4 cm³/mol. The van der Waals surface area contributed by atoms with Gasteiger partial charge in [-0.05, 0) is 31.2 Å². The van der Waals surface area contributed by atoms with Gasteiger partial charge in [0.2, 0.25) is 0 Å². The monoisotopic (exact) mass is 288 g/mol. The molecular weight excluding hydrogens is 260 g/mol. The van der Waals surface area contributed by atoms with E-state index in [1.54, 1.807) is 0 Å². The molecule has 1 aromatic rings. The second kappa shape index (κ2) is 7.39. The van der Waals surface area contributed by atoms with Crippen molar-refractivity contribution in [1.82, 2.24) is 9.80 Å². The van der Waals surface area contributed by atoms with Gasteiger partial charge in [0, 0.05) is 44.9 Å². The minimum Gasteiger partial charge on any atom is -0.396 e. The van der Waals surface area contributed by atoms with E-state index < -0.39 is 0 Å². The highest BCUT2D eigenvalue weighted by Crippen LogP contribution is 2.27. The number of hydrogen-bond acceptors (Lipinski definition) is 3. The van der Waals surface area contributed by atoms with Gasteiger partial charge in [-0.15, -0.1) is 0 Å². The summed E-state index contributed by atoms with van der Waals surface area (Å²) >= 11 is 0. The smallest absolute Gasteiger partial charge is 0.0446 e. The molecule has 21 heavy (non-hydrogen) atoms. The van der Waals surface area contributed by atoms with Gasteiger partial charge in [-0.25, -0.2) is 0 Å². The molecule has 1 unspecified atom stereocenters. The van der Waals surface area contributed by atoms with Crippen molar-refractivity contribution in [3.8, 4) is 0 Å². The Balaban J connectivity index is 1.53. The van der Waals surface area contributed by atoms with Crippen molar-refractivity contribution in [3.63, 3.8) is 0 Å². The molecule has 1 aliphatic carbocycles. The van der Waals surface area contributed by atoms with Gasteiger partial charge in [0.25, 0.3) is 0 Å². The van der Waals surface area contributed by atoms with Gasteiger partial charge in [-0.1, -0.05) is 36.8 Å². The topological polar surface area (TPSA) is 26.7 Å². The Morgan fingerprint density at radius 3 is 2.57 bits per heavy atom. The van der Waals surface area contributed by atoms with Crippen molar-refractivity contribution in [2.75, 3.05) is 32.8 Å². The molecule has 1 atom stereocenters. The van der Waals surface area contributed by atoms with Crippen LogP contribution in [-0.4, -0.2) is 59.8 Å². The molecular formula is C18H28N2O. The second-order valence-corrected chi connectivity index (χ2v) is 6.52. The second-order valence-electron chi connectivity index (χ2n) is 6.52. The third-order valence-electron chi connectivity index (χ3n) is 5.22. The van der Waals surface area contributed by atoms with E-state index >= 15 is 0 Å². The quantitative estimate of drug-likeness (QED) is 0.869. The average molecular weight is 288 g/mol. The van der Waals surface area contributed by atoms with Gasteiger partial charge in [0.15, 0.2) is 0 Å². The van der Waals surface area contributed by atoms with Crippen LogP contribution < -0.4 is 0 Å². The number of nitrogens with zero attached hydrogens (tertiary/aromatic N) is 2. The molecule has 0 amide bonds. The fourth-order valence-electron chi connectivity index (χ4n) is 3.64. The highest BCUT2D eigenvalue weighted by atomic mass is 16.3. The number of benzene rings is 1. The van der Waals surface area contributed by atoms with Crippen LogP contribution in [0.4, 0.5) is 0 Å². The van der Waals surface area contributed by atoms with Crippen LogP contribution >= 0.6 is 0 Å². The van der Waals surface area contributed by atoms with Gasteiger partial charge < -0.3 is 5.11 Å². The standard InChI is InChI=1S/C18H28N2O/c21-14-10-18-15-20(17-7-4-8-17)13-12-19(18)11-9-16-5-2-1-3-6-16/h1-3,5-6,17-18,21H,4,7-15H2. The predicted octanol–water partition coefficient (Wildman–Crippen LogP) is 2.15. The first-order valence-corrected chi connectivity index (χ1v) is 8.49. The molecule has 1 aliphatic heterocycles. The van der Waals surface area contributed by atoms with E-state index in [-0.39, 0.29) is 0 Å². The molecule has 2 aliphatic rings. The lowest BCUT2D eigenvalue weighted by atomic mass is 9.90. The molecule has 1 N–H and O–H groups in total. The molecule has 2 fully saturated rings. The molecule has 3 nitrogen and oxygen atoms in total. The van der Waals surface area contributed by atoms with E-state index in [1.165, 1.54) is 31.4 Å². The summed E-state index contributed by atoms with van der Waals surface area (Å²) in [6, 6.07) is 12.1. The maximum atomic E-state index is 9.37. The zero-order chi connectivity index (χ0) is 14.5. The summed E-state index contributed by atoms with van der Waals surface area (Å²) in [4.78, 5) is 5.27. The Morgan fingerprint density at radius 1 is 1.10 bits per heavy atom. The third kappa shape index (κ3) is 3.85. The van der Waals surface area contributed by atoms with Crippen LogP contribution in [0.3, 0.4) is 0 Å². The summed E-state index contributed by atoms with van der Waals surface area (Å²) in [5.74, 6) is 0. The summed E-state index contributed by atoms with van der Waals surface area (Å²) in [5, 5.41) is 9.37. The largest absolute Gasteiger partial charge is 0.396 e. The zero-order valence-corrected chi connectivity index (χ0v) is 13.0. The number of aliphatic hydroxyl groups is 1. The van der Waals surface area contributed by atoms with E-state index in [1.807, 2.05) is 0 Å². The summed E-state index contributed by atoms with van der Waals surface area (Å²) in [6.07, 6.45) is 6.21. The molecule has 116 valence electrons. The molecule has 0 radical (unpaired) electrons. The van der Waals surface area contributed by atoms with Crippen LogP contribution in [0, 0.1) is 0 Å². The Bertz CT molecular complexity index is 418. The minimum atomic E-state index is 0.311. The first kappa shape index (κ1) is 15.0. The van der Waals surface area contributed by atoms with Gasteiger partial charge in [-0.2, -0.15) is 0 Å². The van der Waals surface area contributed by atoms with Crippen molar-refractivity contribution >= 4 is 0 Å². The molecule has 1 saturated heterocycles. The van der Waals surface area contributed by atoms with Crippen LogP contribution in [0.5, 0.6) is 0 Å². The van der Waals surface area contributed by atoms with Crippen LogP contribution in [0.1, 0.15) is 31.2 Å². The lowest BCUT2D eigenvalue weighted by Gasteiger charge is -2.47. The Kier molecular flexibility index (Phi) is 5.28. The van der Waals surface area contributed by atoms with Crippen LogP contribution in [0.15, 0.2) is 30.3 Å². The molecule has 0 spiro atoms. The number of piperazine rings is 1. The van der Waals surface area contributed by atoms with Crippen molar-refractivity contribution in [2.45, 2.75) is 44.2 Å². The van der Waals surface area contributed by atoms with E-state index in [0.29, 0.717) is 12.6 Å². The number of aliphatic hydroxyl groups excluding tert-OH is 1. The lowest BCUT2D eigenvalue weighted by molar-refractivity contribution is 0.0156. The Morgan fingerprint density at radius 2 is 1.90 bits per heavy atom. The van der Waals surface area contributed by atoms with Crippen LogP contribution in [0.2, 0.25) is 0 Å².